The molecule has 3 aromatic rings. The Morgan fingerprint density at radius 1 is 0.931 bits per heavy atom. The van der Waals surface area contributed by atoms with Crippen molar-refractivity contribution in [2.75, 3.05) is 27.3 Å². The number of hydrogen-bond donors (Lipinski definition) is 2. The van der Waals surface area contributed by atoms with Gasteiger partial charge in [0.15, 0.2) is 11.5 Å². The zero-order chi connectivity index (χ0) is 20.6. The minimum Gasteiger partial charge on any atom is -0.493 e. The second kappa shape index (κ2) is 9.36. The lowest BCUT2D eigenvalue weighted by atomic mass is 10.2. The van der Waals surface area contributed by atoms with E-state index in [9.17, 15) is 9.59 Å². The lowest BCUT2D eigenvalue weighted by Gasteiger charge is -2.10. The highest BCUT2D eigenvalue weighted by Crippen LogP contribution is 2.27. The summed E-state index contributed by atoms with van der Waals surface area (Å²) in [5.41, 5.74) is 1.16. The Labute approximate surface area is 167 Å². The van der Waals surface area contributed by atoms with Gasteiger partial charge in [-0.15, -0.1) is 0 Å². The highest BCUT2D eigenvalue weighted by molar-refractivity contribution is 5.95. The molecule has 29 heavy (non-hydrogen) atoms. The number of rotatable bonds is 8. The number of carbonyl (C=O) groups excluding carboxylic acids is 2. The Balaban J connectivity index is 1.48. The summed E-state index contributed by atoms with van der Waals surface area (Å²) in [7, 11) is 3.02. The van der Waals surface area contributed by atoms with E-state index >= 15 is 0 Å². The lowest BCUT2D eigenvalue weighted by molar-refractivity contribution is 0.0898. The van der Waals surface area contributed by atoms with Gasteiger partial charge < -0.3 is 24.6 Å². The van der Waals surface area contributed by atoms with E-state index in [0.717, 1.165) is 5.56 Å². The van der Waals surface area contributed by atoms with Crippen molar-refractivity contribution in [1.29, 1.82) is 0 Å². The van der Waals surface area contributed by atoms with E-state index < -0.39 is 5.91 Å². The van der Waals surface area contributed by atoms with Crippen LogP contribution in [-0.2, 0) is 0 Å². The molecule has 0 saturated carbocycles. The molecule has 9 heteroatoms. The Morgan fingerprint density at radius 3 is 2.31 bits per heavy atom. The first kappa shape index (κ1) is 19.9. The summed E-state index contributed by atoms with van der Waals surface area (Å²) >= 11 is 0. The number of methoxy groups -OCH3 is 2. The molecule has 0 atom stereocenters. The van der Waals surface area contributed by atoms with Crippen molar-refractivity contribution in [2.45, 2.75) is 0 Å². The van der Waals surface area contributed by atoms with Gasteiger partial charge >= 0.3 is 11.8 Å². The molecule has 2 amide bonds. The maximum atomic E-state index is 12.2. The summed E-state index contributed by atoms with van der Waals surface area (Å²) in [4.78, 5) is 28.4. The van der Waals surface area contributed by atoms with Crippen LogP contribution in [0.1, 0.15) is 21.0 Å². The first-order chi connectivity index (χ1) is 14.1. The van der Waals surface area contributed by atoms with Crippen LogP contribution in [-0.4, -0.2) is 49.3 Å². The minimum absolute atomic E-state index is 0.143. The van der Waals surface area contributed by atoms with Crippen LogP contribution >= 0.6 is 0 Å². The van der Waals surface area contributed by atoms with E-state index in [4.69, 9.17) is 14.0 Å². The molecular weight excluding hydrogens is 376 g/mol. The normalized spacial score (nSPS) is 10.3. The molecule has 2 aromatic carbocycles. The molecule has 0 saturated heterocycles. The summed E-state index contributed by atoms with van der Waals surface area (Å²) < 4.78 is 15.3. The molecule has 3 rings (SSSR count). The third kappa shape index (κ3) is 4.89. The molecule has 1 aromatic heterocycles. The van der Waals surface area contributed by atoms with Gasteiger partial charge in [-0.05, 0) is 18.2 Å². The number of ether oxygens (including phenoxy) is 2. The third-order valence-electron chi connectivity index (χ3n) is 3.99. The summed E-state index contributed by atoms with van der Waals surface area (Å²) in [5.74, 6) is 0.363. The topological polar surface area (TPSA) is 116 Å². The van der Waals surface area contributed by atoms with Crippen LogP contribution < -0.4 is 20.1 Å². The van der Waals surface area contributed by atoms with Gasteiger partial charge in [0.1, 0.15) is 0 Å². The van der Waals surface area contributed by atoms with Crippen molar-refractivity contribution in [3.63, 3.8) is 0 Å². The van der Waals surface area contributed by atoms with Crippen LogP contribution in [0.25, 0.3) is 11.4 Å². The standard InChI is InChI=1S/C20H20N4O5/c1-27-15-9-8-14(12-16(15)28-2)18(25)21-10-11-22-19(26)20-23-17(24-29-20)13-6-4-3-5-7-13/h3-9,12H,10-11H2,1-2H3,(H,21,25)(H,22,26). The van der Waals surface area contributed by atoms with Gasteiger partial charge in [-0.1, -0.05) is 35.5 Å². The molecule has 2 N–H and O–H groups in total. The van der Waals surface area contributed by atoms with E-state index in [0.29, 0.717) is 22.9 Å². The fourth-order valence-corrected chi connectivity index (χ4v) is 2.53. The van der Waals surface area contributed by atoms with Crippen molar-refractivity contribution in [1.82, 2.24) is 20.8 Å². The van der Waals surface area contributed by atoms with Gasteiger partial charge in [0.25, 0.3) is 5.91 Å². The molecule has 150 valence electrons. The van der Waals surface area contributed by atoms with Crippen LogP contribution in [0.5, 0.6) is 11.5 Å². The first-order valence-corrected chi connectivity index (χ1v) is 8.80. The highest BCUT2D eigenvalue weighted by Gasteiger charge is 2.16. The van der Waals surface area contributed by atoms with Crippen LogP contribution in [0.2, 0.25) is 0 Å². The van der Waals surface area contributed by atoms with E-state index in [1.165, 1.54) is 14.2 Å². The predicted octanol–water partition coefficient (Wildman–Crippen LogP) is 1.91. The Bertz CT molecular complexity index is 988. The smallest absolute Gasteiger partial charge is 0.316 e. The van der Waals surface area contributed by atoms with Crippen LogP contribution in [0.3, 0.4) is 0 Å². The van der Waals surface area contributed by atoms with Crippen LogP contribution in [0, 0.1) is 0 Å². The van der Waals surface area contributed by atoms with Gasteiger partial charge in [0, 0.05) is 24.2 Å². The summed E-state index contributed by atoms with van der Waals surface area (Å²) in [5, 5.41) is 9.12. The summed E-state index contributed by atoms with van der Waals surface area (Å²) in [6, 6.07) is 14.0. The number of hydrogen-bond acceptors (Lipinski definition) is 7. The zero-order valence-electron chi connectivity index (χ0n) is 16.0. The van der Waals surface area contributed by atoms with Crippen molar-refractivity contribution < 1.29 is 23.6 Å². The molecule has 0 unspecified atom stereocenters. The number of amides is 2. The average Bonchev–Trinajstić information content (AvgIpc) is 3.27. The fraction of sp³-hybridized carbons (Fsp3) is 0.200. The number of aromatic nitrogens is 2. The third-order valence-corrected chi connectivity index (χ3v) is 3.99. The largest absolute Gasteiger partial charge is 0.493 e. The maximum absolute atomic E-state index is 12.2. The molecule has 0 radical (unpaired) electrons. The van der Waals surface area contributed by atoms with Crippen molar-refractivity contribution >= 4 is 11.8 Å². The molecule has 1 heterocycles. The first-order valence-electron chi connectivity index (χ1n) is 8.80. The molecule has 0 aliphatic carbocycles. The van der Waals surface area contributed by atoms with Gasteiger partial charge in [-0.25, -0.2) is 0 Å². The van der Waals surface area contributed by atoms with E-state index in [-0.39, 0.29) is 24.9 Å². The maximum Gasteiger partial charge on any atom is 0.316 e. The molecular formula is C20H20N4O5. The monoisotopic (exact) mass is 396 g/mol. The Kier molecular flexibility index (Phi) is 6.41. The van der Waals surface area contributed by atoms with Crippen molar-refractivity contribution in [2.24, 2.45) is 0 Å². The lowest BCUT2D eigenvalue weighted by Crippen LogP contribution is -2.34. The summed E-state index contributed by atoms with van der Waals surface area (Å²) in [6.45, 7) is 0.416. The molecule has 0 spiro atoms. The van der Waals surface area contributed by atoms with E-state index in [2.05, 4.69) is 20.8 Å². The van der Waals surface area contributed by atoms with Gasteiger partial charge in [-0.3, -0.25) is 9.59 Å². The molecule has 0 fully saturated rings. The van der Waals surface area contributed by atoms with Crippen LogP contribution in [0.4, 0.5) is 0 Å². The van der Waals surface area contributed by atoms with Crippen LogP contribution in [0.15, 0.2) is 53.1 Å². The second-order valence-corrected chi connectivity index (χ2v) is 5.87. The highest BCUT2D eigenvalue weighted by atomic mass is 16.5. The van der Waals surface area contributed by atoms with Gasteiger partial charge in [0.2, 0.25) is 5.82 Å². The van der Waals surface area contributed by atoms with E-state index in [1.54, 1.807) is 18.2 Å². The number of nitrogens with zero attached hydrogens (tertiary/aromatic N) is 2. The van der Waals surface area contributed by atoms with Crippen molar-refractivity contribution in [3.05, 3.63) is 60.0 Å². The molecule has 9 nitrogen and oxygen atoms in total. The second-order valence-electron chi connectivity index (χ2n) is 5.87. The molecule has 0 aliphatic rings. The predicted molar refractivity (Wildman–Crippen MR) is 104 cm³/mol. The van der Waals surface area contributed by atoms with E-state index in [1.807, 2.05) is 30.3 Å². The quantitative estimate of drug-likeness (QED) is 0.559. The van der Waals surface area contributed by atoms with Gasteiger partial charge in [0.05, 0.1) is 14.2 Å². The SMILES string of the molecule is COc1ccc(C(=O)NCCNC(=O)c2nc(-c3ccccc3)no2)cc1OC. The fourth-order valence-electron chi connectivity index (χ4n) is 2.53. The zero-order valence-corrected chi connectivity index (χ0v) is 16.0. The number of carbonyl (C=O) groups is 2. The Morgan fingerprint density at radius 2 is 1.62 bits per heavy atom. The minimum atomic E-state index is -0.514. The average molecular weight is 396 g/mol. The number of nitrogens with one attached hydrogen (secondary N) is 2. The Hall–Kier alpha value is -3.88. The van der Waals surface area contributed by atoms with Gasteiger partial charge in [-0.2, -0.15) is 4.98 Å². The van der Waals surface area contributed by atoms with Crippen molar-refractivity contribution in [3.8, 4) is 22.9 Å². The molecule has 0 aliphatic heterocycles. The molecule has 0 bridgehead atoms. The number of benzene rings is 2. The summed E-state index contributed by atoms with van der Waals surface area (Å²) in [6.07, 6.45) is 0.